The second kappa shape index (κ2) is 6.99. The molecule has 0 amide bonds. The van der Waals surface area contributed by atoms with E-state index in [9.17, 15) is 0 Å². The minimum atomic E-state index is 0.354. The number of halogens is 3. The molecule has 0 aliphatic rings. The van der Waals surface area contributed by atoms with Gasteiger partial charge in [-0.2, -0.15) is 0 Å². The van der Waals surface area contributed by atoms with Crippen LogP contribution in [0.2, 0.25) is 10.0 Å². The van der Waals surface area contributed by atoms with Crippen LogP contribution < -0.4 is 4.90 Å². The molecule has 0 aliphatic carbocycles. The summed E-state index contributed by atoms with van der Waals surface area (Å²) in [7, 11) is 0. The minimum Gasteiger partial charge on any atom is -0.289 e. The number of benzene rings is 2. The molecular formula is C16H13Cl3N2. The molecular weight excluding hydrogens is 327 g/mol. The first kappa shape index (κ1) is 15.9. The third kappa shape index (κ3) is 4.24. The average Bonchev–Trinajstić information content (AvgIpc) is 2.43. The van der Waals surface area contributed by atoms with Gasteiger partial charge in [-0.1, -0.05) is 41.4 Å². The minimum absolute atomic E-state index is 0.354. The highest BCUT2D eigenvalue weighted by Gasteiger charge is 2.12. The number of hydrogen-bond donors (Lipinski definition) is 0. The SMILES string of the molecule is C=C(Cl)N(C(C)=Nc1ccc(Cl)cc1)c1ccc(Cl)cc1. The zero-order chi connectivity index (χ0) is 15.4. The summed E-state index contributed by atoms with van der Waals surface area (Å²) in [5.74, 6) is 0.694. The van der Waals surface area contributed by atoms with E-state index in [0.717, 1.165) is 11.4 Å². The monoisotopic (exact) mass is 338 g/mol. The molecule has 0 spiro atoms. The number of anilines is 1. The molecule has 2 rings (SSSR count). The fourth-order valence-electron chi connectivity index (χ4n) is 1.85. The molecule has 0 heterocycles. The first-order chi connectivity index (χ1) is 9.97. The second-order valence-electron chi connectivity index (χ2n) is 4.32. The van der Waals surface area contributed by atoms with E-state index in [0.29, 0.717) is 21.0 Å². The van der Waals surface area contributed by atoms with Gasteiger partial charge in [0.05, 0.1) is 5.69 Å². The van der Waals surface area contributed by atoms with E-state index in [1.165, 1.54) is 0 Å². The van der Waals surface area contributed by atoms with E-state index in [1.54, 1.807) is 29.2 Å². The first-order valence-electron chi connectivity index (χ1n) is 6.18. The number of hydrogen-bond acceptors (Lipinski definition) is 1. The van der Waals surface area contributed by atoms with Gasteiger partial charge >= 0.3 is 0 Å². The lowest BCUT2D eigenvalue weighted by Gasteiger charge is -2.22. The fraction of sp³-hybridized carbons (Fsp3) is 0.0625. The normalized spacial score (nSPS) is 11.3. The van der Waals surface area contributed by atoms with Crippen molar-refractivity contribution in [2.24, 2.45) is 4.99 Å². The van der Waals surface area contributed by atoms with Gasteiger partial charge in [0.25, 0.3) is 0 Å². The Kier molecular flexibility index (Phi) is 5.29. The van der Waals surface area contributed by atoms with Crippen LogP contribution in [-0.2, 0) is 0 Å². The van der Waals surface area contributed by atoms with Gasteiger partial charge < -0.3 is 0 Å². The Morgan fingerprint density at radius 2 is 1.43 bits per heavy atom. The van der Waals surface area contributed by atoms with Crippen molar-refractivity contribution >= 4 is 52.0 Å². The van der Waals surface area contributed by atoms with Crippen LogP contribution >= 0.6 is 34.8 Å². The molecule has 0 saturated carbocycles. The molecule has 0 N–H and O–H groups in total. The van der Waals surface area contributed by atoms with E-state index in [4.69, 9.17) is 34.8 Å². The topological polar surface area (TPSA) is 15.6 Å². The van der Waals surface area contributed by atoms with E-state index in [-0.39, 0.29) is 0 Å². The average molecular weight is 340 g/mol. The maximum absolute atomic E-state index is 6.10. The van der Waals surface area contributed by atoms with Crippen molar-refractivity contribution < 1.29 is 0 Å². The van der Waals surface area contributed by atoms with E-state index >= 15 is 0 Å². The molecule has 0 radical (unpaired) electrons. The lowest BCUT2D eigenvalue weighted by molar-refractivity contribution is 1.28. The van der Waals surface area contributed by atoms with Crippen LogP contribution in [0.15, 0.2) is 65.3 Å². The Morgan fingerprint density at radius 3 is 1.90 bits per heavy atom. The summed E-state index contributed by atoms with van der Waals surface area (Å²) in [5.41, 5.74) is 1.63. The van der Waals surface area contributed by atoms with E-state index < -0.39 is 0 Å². The standard InChI is InChI=1S/C16H13Cl3N2/c1-11(17)21(16-9-5-14(19)6-10-16)12(2)20-15-7-3-13(18)4-8-15/h3-10H,1H2,2H3. The Labute approximate surface area is 139 Å². The van der Waals surface area contributed by atoms with Crippen LogP contribution in [0.5, 0.6) is 0 Å². The maximum atomic E-state index is 6.10. The molecule has 0 bridgehead atoms. The smallest absolute Gasteiger partial charge is 0.111 e. The third-order valence-corrected chi connectivity index (χ3v) is 3.44. The van der Waals surface area contributed by atoms with Crippen LogP contribution in [0.25, 0.3) is 0 Å². The molecule has 0 atom stereocenters. The summed E-state index contributed by atoms with van der Waals surface area (Å²) in [4.78, 5) is 6.27. The van der Waals surface area contributed by atoms with Crippen molar-refractivity contribution in [2.45, 2.75) is 6.92 Å². The Morgan fingerprint density at radius 1 is 0.952 bits per heavy atom. The highest BCUT2D eigenvalue weighted by Crippen LogP contribution is 2.25. The predicted octanol–water partition coefficient (Wildman–Crippen LogP) is 6.26. The van der Waals surface area contributed by atoms with Gasteiger partial charge in [-0.25, -0.2) is 4.99 Å². The molecule has 2 aromatic rings. The largest absolute Gasteiger partial charge is 0.289 e. The van der Waals surface area contributed by atoms with Gasteiger partial charge in [-0.15, -0.1) is 0 Å². The first-order valence-corrected chi connectivity index (χ1v) is 7.32. The summed E-state index contributed by atoms with van der Waals surface area (Å²) < 4.78 is 0. The predicted molar refractivity (Wildman–Crippen MR) is 93.1 cm³/mol. The summed E-state index contributed by atoms with van der Waals surface area (Å²) in [6.45, 7) is 5.65. The lowest BCUT2D eigenvalue weighted by atomic mass is 10.3. The second-order valence-corrected chi connectivity index (χ2v) is 5.63. The van der Waals surface area contributed by atoms with Gasteiger partial charge in [0.1, 0.15) is 11.0 Å². The molecule has 0 saturated heterocycles. The summed E-state index contributed by atoms with van der Waals surface area (Å²) >= 11 is 17.9. The molecule has 0 unspecified atom stereocenters. The van der Waals surface area contributed by atoms with E-state index in [1.807, 2.05) is 31.2 Å². The van der Waals surface area contributed by atoms with Crippen molar-refractivity contribution in [3.63, 3.8) is 0 Å². The molecule has 0 fully saturated rings. The van der Waals surface area contributed by atoms with Crippen LogP contribution in [0.3, 0.4) is 0 Å². The van der Waals surface area contributed by atoms with Crippen molar-refractivity contribution in [2.75, 3.05) is 4.90 Å². The number of rotatable bonds is 3. The Hall–Kier alpha value is -1.48. The fourth-order valence-corrected chi connectivity index (χ4v) is 2.32. The van der Waals surface area contributed by atoms with Crippen molar-refractivity contribution in [1.29, 1.82) is 0 Å². The molecule has 0 aliphatic heterocycles. The number of amidine groups is 1. The molecule has 108 valence electrons. The lowest BCUT2D eigenvalue weighted by Crippen LogP contribution is -2.25. The van der Waals surface area contributed by atoms with Crippen LogP contribution in [0.4, 0.5) is 11.4 Å². The van der Waals surface area contributed by atoms with Crippen LogP contribution in [0, 0.1) is 0 Å². The van der Waals surface area contributed by atoms with Gasteiger partial charge in [0, 0.05) is 15.7 Å². The molecule has 5 heteroatoms. The Bertz CT molecular complexity index is 661. The summed E-state index contributed by atoms with van der Waals surface area (Å²) in [5, 5.41) is 1.68. The van der Waals surface area contributed by atoms with Crippen molar-refractivity contribution in [3.05, 3.63) is 70.3 Å². The molecule has 2 nitrogen and oxygen atoms in total. The van der Waals surface area contributed by atoms with Crippen molar-refractivity contribution in [3.8, 4) is 0 Å². The van der Waals surface area contributed by atoms with Gasteiger partial charge in [0.15, 0.2) is 0 Å². The highest BCUT2D eigenvalue weighted by atomic mass is 35.5. The third-order valence-electron chi connectivity index (χ3n) is 2.77. The molecule has 2 aromatic carbocycles. The van der Waals surface area contributed by atoms with Crippen molar-refractivity contribution in [1.82, 2.24) is 0 Å². The zero-order valence-corrected chi connectivity index (χ0v) is 13.6. The quantitative estimate of drug-likeness (QED) is 0.366. The van der Waals surface area contributed by atoms with Crippen LogP contribution in [-0.4, -0.2) is 5.84 Å². The highest BCUT2D eigenvalue weighted by molar-refractivity contribution is 6.34. The van der Waals surface area contributed by atoms with E-state index in [2.05, 4.69) is 11.6 Å². The number of aliphatic imine (C=N–C) groups is 1. The molecule has 0 aromatic heterocycles. The zero-order valence-electron chi connectivity index (χ0n) is 11.4. The van der Waals surface area contributed by atoms with Gasteiger partial charge in [0.2, 0.25) is 0 Å². The summed E-state index contributed by atoms with van der Waals surface area (Å²) in [6.07, 6.45) is 0. The summed E-state index contributed by atoms with van der Waals surface area (Å²) in [6, 6.07) is 14.5. The Balaban J connectivity index is 2.35. The van der Waals surface area contributed by atoms with Gasteiger partial charge in [-0.05, 0) is 55.5 Å². The van der Waals surface area contributed by atoms with Gasteiger partial charge in [-0.3, -0.25) is 4.90 Å². The molecule has 21 heavy (non-hydrogen) atoms. The number of nitrogens with zero attached hydrogens (tertiary/aromatic N) is 2. The maximum Gasteiger partial charge on any atom is 0.111 e. The van der Waals surface area contributed by atoms with Crippen LogP contribution in [0.1, 0.15) is 6.92 Å².